The fourth-order valence-corrected chi connectivity index (χ4v) is 1.50. The summed E-state index contributed by atoms with van der Waals surface area (Å²) in [5.41, 5.74) is 0.408. The first-order valence-electron chi connectivity index (χ1n) is 6.26. The number of H-pyrrole nitrogens is 2. The smallest absolute Gasteiger partial charge is 0.422 e. The molecule has 0 bridgehead atoms. The van der Waals surface area contributed by atoms with Crippen LogP contribution in [-0.4, -0.2) is 33.9 Å². The quantitative estimate of drug-likeness (QED) is 0.786. The highest BCUT2D eigenvalue weighted by Crippen LogP contribution is 2.16. The van der Waals surface area contributed by atoms with E-state index in [0.29, 0.717) is 17.3 Å². The van der Waals surface area contributed by atoms with Gasteiger partial charge in [0.1, 0.15) is 17.3 Å². The molecule has 10 heteroatoms. The molecule has 3 heterocycles. The van der Waals surface area contributed by atoms with Crippen LogP contribution < -0.4 is 15.7 Å². The van der Waals surface area contributed by atoms with Crippen LogP contribution in [0.1, 0.15) is 5.69 Å². The zero-order valence-corrected chi connectivity index (χ0v) is 11.6. The van der Waals surface area contributed by atoms with Crippen LogP contribution in [0.3, 0.4) is 0 Å². The molecule has 0 atom stereocenters. The number of nitrogens with one attached hydrogen (secondary N) is 3. The van der Waals surface area contributed by atoms with Crippen molar-refractivity contribution in [2.45, 2.75) is 6.18 Å². The molecular formula is C13H12F3N5O2. The first-order chi connectivity index (χ1) is 10.8. The van der Waals surface area contributed by atoms with Crippen molar-refractivity contribution in [3.8, 4) is 5.88 Å². The Balaban J connectivity index is 0.000000167. The number of imidazole rings is 1. The van der Waals surface area contributed by atoms with Crippen molar-refractivity contribution in [2.24, 2.45) is 4.99 Å². The number of pyridine rings is 1. The van der Waals surface area contributed by atoms with Crippen LogP contribution in [0.25, 0.3) is 0 Å². The summed E-state index contributed by atoms with van der Waals surface area (Å²) in [5, 5.41) is 2.80. The Kier molecular flexibility index (Phi) is 4.84. The second-order valence-corrected chi connectivity index (χ2v) is 4.27. The third-order valence-corrected chi connectivity index (χ3v) is 2.40. The van der Waals surface area contributed by atoms with Gasteiger partial charge in [-0.05, 0) is 6.07 Å². The van der Waals surface area contributed by atoms with Crippen LogP contribution in [0.5, 0.6) is 5.88 Å². The summed E-state index contributed by atoms with van der Waals surface area (Å²) < 4.78 is 39.1. The van der Waals surface area contributed by atoms with Gasteiger partial charge in [0.05, 0.1) is 6.21 Å². The maximum absolute atomic E-state index is 11.6. The second-order valence-electron chi connectivity index (χ2n) is 4.27. The Morgan fingerprint density at radius 1 is 1.26 bits per heavy atom. The number of hydrogen-bond acceptors (Lipinski definition) is 5. The highest BCUT2D eigenvalue weighted by atomic mass is 19.4. The Bertz CT molecular complexity index is 749. The van der Waals surface area contributed by atoms with Crippen LogP contribution in [0.15, 0.2) is 46.6 Å². The standard InChI is InChI=1S/C7H6F3NO.C6H6N4O/c8-7(9,10)5-12-6-3-1-2-4-11-6;1-3-7-2-4-5(8-3)10-6(11)9-4/h1-4H,5H2;2,8H,1H2,(H2,9,10,11). The van der Waals surface area contributed by atoms with Crippen LogP contribution in [-0.2, 0) is 0 Å². The second kappa shape index (κ2) is 6.81. The molecule has 3 rings (SSSR count). The molecule has 2 aromatic heterocycles. The predicted octanol–water partition coefficient (Wildman–Crippen LogP) is 2.04. The molecule has 0 aliphatic carbocycles. The number of aromatic amines is 2. The Labute approximate surface area is 127 Å². The van der Waals surface area contributed by atoms with Gasteiger partial charge in [0.15, 0.2) is 6.61 Å². The molecule has 1 aliphatic rings. The van der Waals surface area contributed by atoms with E-state index in [1.54, 1.807) is 18.3 Å². The molecule has 3 N–H and O–H groups in total. The lowest BCUT2D eigenvalue weighted by molar-refractivity contribution is -0.154. The van der Waals surface area contributed by atoms with Gasteiger partial charge in [-0.15, -0.1) is 0 Å². The lowest BCUT2D eigenvalue weighted by Gasteiger charge is -2.06. The van der Waals surface area contributed by atoms with Crippen molar-refractivity contribution >= 4 is 12.0 Å². The van der Waals surface area contributed by atoms with Gasteiger partial charge in [0.25, 0.3) is 0 Å². The van der Waals surface area contributed by atoms with E-state index >= 15 is 0 Å². The monoisotopic (exact) mass is 327 g/mol. The van der Waals surface area contributed by atoms with Gasteiger partial charge in [0.2, 0.25) is 5.88 Å². The summed E-state index contributed by atoms with van der Waals surface area (Å²) in [6, 6.07) is 4.52. The molecular weight excluding hydrogens is 315 g/mol. The van der Waals surface area contributed by atoms with Crippen molar-refractivity contribution in [1.82, 2.24) is 15.0 Å². The van der Waals surface area contributed by atoms with E-state index in [2.05, 4.69) is 36.6 Å². The largest absolute Gasteiger partial charge is 0.468 e. The molecule has 1 aliphatic heterocycles. The summed E-state index contributed by atoms with van der Waals surface area (Å²) in [4.78, 5) is 23.2. The zero-order chi connectivity index (χ0) is 16.9. The third-order valence-electron chi connectivity index (χ3n) is 2.40. The number of aromatic nitrogens is 3. The topological polar surface area (TPSA) is 95.2 Å². The van der Waals surface area contributed by atoms with Gasteiger partial charge in [0, 0.05) is 12.3 Å². The van der Waals surface area contributed by atoms with E-state index in [9.17, 15) is 18.0 Å². The number of hydrogen-bond donors (Lipinski definition) is 3. The number of aliphatic imine (C=N–C) groups is 1. The summed E-state index contributed by atoms with van der Waals surface area (Å²) in [6.07, 6.45) is -1.39. The lowest BCUT2D eigenvalue weighted by atomic mass is 10.4. The number of halogens is 3. The van der Waals surface area contributed by atoms with Gasteiger partial charge in [-0.2, -0.15) is 13.2 Å². The molecule has 0 unspecified atom stereocenters. The van der Waals surface area contributed by atoms with Crippen molar-refractivity contribution in [2.75, 3.05) is 11.9 Å². The summed E-state index contributed by atoms with van der Waals surface area (Å²) in [6.45, 7) is 2.28. The highest BCUT2D eigenvalue weighted by Gasteiger charge is 2.28. The van der Waals surface area contributed by atoms with Gasteiger partial charge in [-0.25, -0.2) is 14.8 Å². The number of fused-ring (bicyclic) bond motifs is 1. The maximum atomic E-state index is 11.6. The normalized spacial score (nSPS) is 12.7. The summed E-state index contributed by atoms with van der Waals surface area (Å²) in [5.74, 6) is 1.12. The van der Waals surface area contributed by atoms with E-state index in [0.717, 1.165) is 0 Å². The SMILES string of the molecule is C=C1N=Cc2[nH]c(=O)[nH]c2N1.FC(F)(F)COc1ccccn1. The summed E-state index contributed by atoms with van der Waals surface area (Å²) >= 11 is 0. The average molecular weight is 327 g/mol. The van der Waals surface area contributed by atoms with Gasteiger partial charge in [-0.3, -0.25) is 4.98 Å². The average Bonchev–Trinajstić information content (AvgIpc) is 2.85. The Morgan fingerprint density at radius 2 is 2.04 bits per heavy atom. The van der Waals surface area contributed by atoms with E-state index in [1.165, 1.54) is 12.3 Å². The Hall–Kier alpha value is -3.04. The third kappa shape index (κ3) is 5.34. The van der Waals surface area contributed by atoms with Crippen molar-refractivity contribution in [1.29, 1.82) is 0 Å². The van der Waals surface area contributed by atoms with Crippen molar-refractivity contribution in [3.63, 3.8) is 0 Å². The van der Waals surface area contributed by atoms with Crippen LogP contribution in [0.2, 0.25) is 0 Å². The number of anilines is 1. The van der Waals surface area contributed by atoms with Gasteiger partial charge >= 0.3 is 11.9 Å². The fraction of sp³-hybridized carbons (Fsp3) is 0.154. The molecule has 0 radical (unpaired) electrons. The highest BCUT2D eigenvalue weighted by molar-refractivity contribution is 5.87. The van der Waals surface area contributed by atoms with E-state index < -0.39 is 12.8 Å². The van der Waals surface area contributed by atoms with Crippen LogP contribution >= 0.6 is 0 Å². The number of rotatable bonds is 2. The first-order valence-corrected chi connectivity index (χ1v) is 6.26. The minimum Gasteiger partial charge on any atom is -0.468 e. The number of alkyl halides is 3. The van der Waals surface area contributed by atoms with Crippen molar-refractivity contribution in [3.05, 3.63) is 53.0 Å². The maximum Gasteiger partial charge on any atom is 0.422 e. The molecule has 2 aromatic rings. The molecule has 7 nitrogen and oxygen atoms in total. The van der Waals surface area contributed by atoms with E-state index in [4.69, 9.17) is 0 Å². The minimum absolute atomic E-state index is 0.0187. The minimum atomic E-state index is -4.31. The van der Waals surface area contributed by atoms with Crippen LogP contribution in [0.4, 0.5) is 19.0 Å². The van der Waals surface area contributed by atoms with Crippen LogP contribution in [0, 0.1) is 0 Å². The molecule has 0 spiro atoms. The Morgan fingerprint density at radius 3 is 2.70 bits per heavy atom. The first kappa shape index (κ1) is 16.3. The lowest BCUT2D eigenvalue weighted by Crippen LogP contribution is -2.19. The molecule has 122 valence electrons. The molecule has 0 fully saturated rings. The van der Waals surface area contributed by atoms with Crippen molar-refractivity contribution < 1.29 is 17.9 Å². The molecule has 23 heavy (non-hydrogen) atoms. The molecule has 0 saturated carbocycles. The number of nitrogens with zero attached hydrogens (tertiary/aromatic N) is 2. The molecule has 0 saturated heterocycles. The fourth-order valence-electron chi connectivity index (χ4n) is 1.50. The van der Waals surface area contributed by atoms with E-state index in [1.807, 2.05) is 0 Å². The summed E-state index contributed by atoms with van der Waals surface area (Å²) in [7, 11) is 0. The predicted molar refractivity (Wildman–Crippen MR) is 77.6 cm³/mol. The van der Waals surface area contributed by atoms with Gasteiger partial charge in [-0.1, -0.05) is 12.6 Å². The molecule has 0 amide bonds. The zero-order valence-electron chi connectivity index (χ0n) is 11.6. The molecule has 0 aromatic carbocycles. The van der Waals surface area contributed by atoms with Gasteiger partial charge < -0.3 is 15.0 Å². The number of ether oxygens (including phenoxy) is 1. The van der Waals surface area contributed by atoms with E-state index in [-0.39, 0.29) is 11.6 Å².